The van der Waals surface area contributed by atoms with Crippen molar-refractivity contribution in [1.82, 2.24) is 5.32 Å². The molecule has 0 aromatic carbocycles. The van der Waals surface area contributed by atoms with Crippen molar-refractivity contribution in [2.75, 3.05) is 7.05 Å². The zero-order chi connectivity index (χ0) is 11.6. The van der Waals surface area contributed by atoms with Crippen LogP contribution in [0, 0.1) is 5.92 Å². The summed E-state index contributed by atoms with van der Waals surface area (Å²) in [7, 11) is 1.78. The summed E-state index contributed by atoms with van der Waals surface area (Å²) in [5.41, 5.74) is 5.22. The first-order valence-electron chi connectivity index (χ1n) is 5.60. The van der Waals surface area contributed by atoms with E-state index in [0.29, 0.717) is 5.92 Å². The number of unbranched alkanes of at least 4 members (excludes halogenated alkanes) is 1. The van der Waals surface area contributed by atoms with Gasteiger partial charge in [-0.1, -0.05) is 40.5 Å². The molecule has 0 rings (SSSR count). The van der Waals surface area contributed by atoms with E-state index >= 15 is 0 Å². The van der Waals surface area contributed by atoms with Gasteiger partial charge in [0.2, 0.25) is 5.91 Å². The molecule has 0 radical (unpaired) electrons. The average Bonchev–Trinajstić information content (AvgIpc) is 2.18. The molecule has 86 valence electrons. The number of likely N-dealkylation sites (N-methyl/N-ethyl adjacent to an activating group) is 1. The summed E-state index contributed by atoms with van der Waals surface area (Å²) in [5.74, 6) is 0.0913. The summed E-state index contributed by atoms with van der Waals surface area (Å²) in [6.07, 6.45) is 3.39. The van der Waals surface area contributed by atoms with Gasteiger partial charge in [-0.25, -0.2) is 0 Å². The van der Waals surface area contributed by atoms with Crippen LogP contribution in [0.4, 0.5) is 0 Å². The van der Waals surface area contributed by atoms with Gasteiger partial charge < -0.3 is 11.1 Å². The molecule has 3 heteroatoms. The van der Waals surface area contributed by atoms with E-state index in [2.05, 4.69) is 19.2 Å². The highest BCUT2D eigenvalue weighted by Crippen LogP contribution is 2.11. The lowest BCUT2D eigenvalue weighted by Crippen LogP contribution is -2.43. The lowest BCUT2D eigenvalue weighted by atomic mass is 9.95. The lowest BCUT2D eigenvalue weighted by molar-refractivity contribution is -0.121. The predicted octanol–water partition coefficient (Wildman–Crippen LogP) is 1.91. The van der Waals surface area contributed by atoms with Gasteiger partial charge in [0.1, 0.15) is 0 Å². The maximum absolute atomic E-state index is 10.9. The molecule has 0 saturated carbocycles. The Morgan fingerprint density at radius 3 is 2.21 bits per heavy atom. The number of carbonyl (C=O) groups excluding carboxylic acids is 1. The maximum Gasteiger partial charge on any atom is 0.234 e. The smallest absolute Gasteiger partial charge is 0.234 e. The second kappa shape index (κ2) is 10.5. The fourth-order valence-corrected chi connectivity index (χ4v) is 1.40. The van der Waals surface area contributed by atoms with Gasteiger partial charge in [0.05, 0.1) is 6.04 Å². The molecule has 0 aromatic rings. The quantitative estimate of drug-likeness (QED) is 0.691. The molecule has 0 aromatic heterocycles. The molecule has 0 heterocycles. The second-order valence-corrected chi connectivity index (χ2v) is 3.29. The minimum absolute atomic E-state index is 0.170. The largest absolute Gasteiger partial charge is 0.368 e. The third-order valence-corrected chi connectivity index (χ3v) is 2.20. The molecule has 0 bridgehead atoms. The molecule has 2 atom stereocenters. The SMILES string of the molecule is CC.CCCCC(C)C(NC)C(N)=O. The summed E-state index contributed by atoms with van der Waals surface area (Å²) in [4.78, 5) is 10.9. The third-order valence-electron chi connectivity index (χ3n) is 2.20. The van der Waals surface area contributed by atoms with Gasteiger partial charge in [-0.2, -0.15) is 0 Å². The van der Waals surface area contributed by atoms with Crippen molar-refractivity contribution >= 4 is 5.91 Å². The van der Waals surface area contributed by atoms with Gasteiger partial charge in [-0.05, 0) is 19.4 Å². The molecule has 2 unspecified atom stereocenters. The van der Waals surface area contributed by atoms with E-state index in [9.17, 15) is 4.79 Å². The highest BCUT2D eigenvalue weighted by atomic mass is 16.1. The number of primary amides is 1. The Morgan fingerprint density at radius 2 is 1.93 bits per heavy atom. The van der Waals surface area contributed by atoms with Gasteiger partial charge in [0, 0.05) is 0 Å². The summed E-state index contributed by atoms with van der Waals surface area (Å²) < 4.78 is 0. The maximum atomic E-state index is 10.9. The van der Waals surface area contributed by atoms with Crippen LogP contribution in [0.3, 0.4) is 0 Å². The van der Waals surface area contributed by atoms with E-state index in [4.69, 9.17) is 5.73 Å². The number of nitrogens with one attached hydrogen (secondary N) is 1. The van der Waals surface area contributed by atoms with Crippen molar-refractivity contribution in [2.45, 2.75) is 53.0 Å². The molecule has 0 spiro atoms. The zero-order valence-electron chi connectivity index (χ0n) is 10.3. The Morgan fingerprint density at radius 1 is 1.43 bits per heavy atom. The van der Waals surface area contributed by atoms with E-state index in [1.807, 2.05) is 13.8 Å². The van der Waals surface area contributed by atoms with Crippen LogP contribution in [-0.4, -0.2) is 19.0 Å². The average molecular weight is 202 g/mol. The van der Waals surface area contributed by atoms with Crippen molar-refractivity contribution in [3.8, 4) is 0 Å². The normalized spacial score (nSPS) is 13.8. The predicted molar refractivity (Wildman–Crippen MR) is 62.1 cm³/mol. The molecule has 0 aliphatic rings. The molecule has 0 aliphatic heterocycles. The van der Waals surface area contributed by atoms with Crippen LogP contribution in [0.2, 0.25) is 0 Å². The summed E-state index contributed by atoms with van der Waals surface area (Å²) in [5, 5.41) is 2.94. The summed E-state index contributed by atoms with van der Waals surface area (Å²) >= 11 is 0. The van der Waals surface area contributed by atoms with Crippen molar-refractivity contribution in [1.29, 1.82) is 0 Å². The Hall–Kier alpha value is -0.570. The Labute approximate surface area is 88.4 Å². The standard InChI is InChI=1S/C9H20N2O.C2H6/c1-4-5-6-7(2)8(11-3)9(10)12;1-2/h7-8,11H,4-6H2,1-3H3,(H2,10,12);1-2H3. The number of carbonyl (C=O) groups is 1. The van der Waals surface area contributed by atoms with Gasteiger partial charge in [-0.15, -0.1) is 0 Å². The third kappa shape index (κ3) is 6.89. The second-order valence-electron chi connectivity index (χ2n) is 3.29. The van der Waals surface area contributed by atoms with E-state index in [-0.39, 0.29) is 11.9 Å². The van der Waals surface area contributed by atoms with Crippen molar-refractivity contribution < 1.29 is 4.79 Å². The first kappa shape index (κ1) is 15.9. The van der Waals surface area contributed by atoms with Crippen molar-refractivity contribution in [3.63, 3.8) is 0 Å². The highest BCUT2D eigenvalue weighted by Gasteiger charge is 2.19. The molecule has 1 amide bonds. The van der Waals surface area contributed by atoms with Gasteiger partial charge in [0.15, 0.2) is 0 Å². The summed E-state index contributed by atoms with van der Waals surface area (Å²) in [6, 6.07) is -0.170. The Bertz CT molecular complexity index is 137. The molecular weight excluding hydrogens is 176 g/mol. The van der Waals surface area contributed by atoms with Crippen LogP contribution in [0.5, 0.6) is 0 Å². The molecular formula is C11H26N2O. The van der Waals surface area contributed by atoms with Gasteiger partial charge in [0.25, 0.3) is 0 Å². The fraction of sp³-hybridized carbons (Fsp3) is 0.909. The zero-order valence-corrected chi connectivity index (χ0v) is 10.3. The van der Waals surface area contributed by atoms with Gasteiger partial charge in [-0.3, -0.25) is 4.79 Å². The van der Waals surface area contributed by atoms with Gasteiger partial charge >= 0.3 is 0 Å². The van der Waals surface area contributed by atoms with E-state index < -0.39 is 0 Å². The fourth-order valence-electron chi connectivity index (χ4n) is 1.40. The highest BCUT2D eigenvalue weighted by molar-refractivity contribution is 5.80. The van der Waals surface area contributed by atoms with E-state index in [1.165, 1.54) is 6.42 Å². The van der Waals surface area contributed by atoms with Crippen LogP contribution in [0.15, 0.2) is 0 Å². The van der Waals surface area contributed by atoms with Crippen molar-refractivity contribution in [2.24, 2.45) is 11.7 Å². The monoisotopic (exact) mass is 202 g/mol. The topological polar surface area (TPSA) is 55.1 Å². The molecule has 0 aliphatic carbocycles. The van der Waals surface area contributed by atoms with E-state index in [1.54, 1.807) is 7.05 Å². The minimum Gasteiger partial charge on any atom is -0.368 e. The number of hydrogen-bond acceptors (Lipinski definition) is 2. The minimum atomic E-state index is -0.249. The molecule has 3 nitrogen and oxygen atoms in total. The molecule has 0 fully saturated rings. The molecule has 14 heavy (non-hydrogen) atoms. The Kier molecular flexibility index (Phi) is 11.9. The Balaban J connectivity index is 0. The first-order valence-corrected chi connectivity index (χ1v) is 5.60. The number of amides is 1. The number of rotatable bonds is 6. The van der Waals surface area contributed by atoms with Crippen LogP contribution < -0.4 is 11.1 Å². The first-order chi connectivity index (χ1) is 6.63. The van der Waals surface area contributed by atoms with Crippen LogP contribution >= 0.6 is 0 Å². The molecule has 3 N–H and O–H groups in total. The number of hydrogen-bond donors (Lipinski definition) is 2. The number of nitrogens with two attached hydrogens (primary N) is 1. The van der Waals surface area contributed by atoms with Crippen LogP contribution in [-0.2, 0) is 4.79 Å². The van der Waals surface area contributed by atoms with E-state index in [0.717, 1.165) is 12.8 Å². The van der Waals surface area contributed by atoms with Crippen LogP contribution in [0.25, 0.3) is 0 Å². The molecule has 0 saturated heterocycles. The lowest BCUT2D eigenvalue weighted by Gasteiger charge is -2.19. The summed E-state index contributed by atoms with van der Waals surface area (Å²) in [6.45, 7) is 8.20. The van der Waals surface area contributed by atoms with Crippen molar-refractivity contribution in [3.05, 3.63) is 0 Å². The van der Waals surface area contributed by atoms with Crippen LogP contribution in [0.1, 0.15) is 47.0 Å².